The Balaban J connectivity index is 1.61. The topological polar surface area (TPSA) is 58.6 Å². The van der Waals surface area contributed by atoms with Crippen LogP contribution in [0.1, 0.15) is 36.2 Å². The van der Waals surface area contributed by atoms with E-state index in [0.717, 1.165) is 17.7 Å². The lowest BCUT2D eigenvalue weighted by atomic mass is 10.1. The minimum atomic E-state index is -0.410. The second-order valence-corrected chi connectivity index (χ2v) is 7.91. The second kappa shape index (κ2) is 9.64. The standard InChI is InChI=1S/C22H26N2O3S/c1-3-16(2)23-21(25)20-14-28-15-24(20)22(26)18-11-9-17(10-12-18)13-27-19-7-5-4-6-8-19/h4-12,16,20H,3,13-15H2,1-2H3,(H,23,25). The van der Waals surface area contributed by atoms with Gasteiger partial charge in [0.25, 0.3) is 5.91 Å². The fraction of sp³-hybridized carbons (Fsp3) is 0.364. The molecule has 1 N–H and O–H groups in total. The molecule has 28 heavy (non-hydrogen) atoms. The third-order valence-corrected chi connectivity index (χ3v) is 5.81. The molecule has 0 spiro atoms. The summed E-state index contributed by atoms with van der Waals surface area (Å²) in [6, 6.07) is 16.7. The number of nitrogens with one attached hydrogen (secondary N) is 1. The van der Waals surface area contributed by atoms with Gasteiger partial charge in [0.2, 0.25) is 5.91 Å². The minimum absolute atomic E-state index is 0.0689. The van der Waals surface area contributed by atoms with Crippen molar-refractivity contribution >= 4 is 23.6 Å². The van der Waals surface area contributed by atoms with Crippen LogP contribution in [0.2, 0.25) is 0 Å². The van der Waals surface area contributed by atoms with Crippen LogP contribution in [-0.2, 0) is 11.4 Å². The van der Waals surface area contributed by atoms with Gasteiger partial charge in [0.05, 0.1) is 5.88 Å². The van der Waals surface area contributed by atoms with E-state index in [1.54, 1.807) is 28.8 Å². The maximum absolute atomic E-state index is 12.9. The minimum Gasteiger partial charge on any atom is -0.489 e. The first-order valence-electron chi connectivity index (χ1n) is 9.54. The molecule has 1 heterocycles. The zero-order valence-electron chi connectivity index (χ0n) is 16.3. The lowest BCUT2D eigenvalue weighted by molar-refractivity contribution is -0.125. The molecule has 0 aromatic heterocycles. The summed E-state index contributed by atoms with van der Waals surface area (Å²) in [6.07, 6.45) is 0.867. The fourth-order valence-electron chi connectivity index (χ4n) is 2.89. The SMILES string of the molecule is CCC(C)NC(=O)C1CSCN1C(=O)c1ccc(COc2ccccc2)cc1. The summed E-state index contributed by atoms with van der Waals surface area (Å²) < 4.78 is 5.74. The van der Waals surface area contributed by atoms with Crippen LogP contribution in [0.5, 0.6) is 5.75 Å². The van der Waals surface area contributed by atoms with Gasteiger partial charge in [-0.05, 0) is 43.2 Å². The molecular formula is C22H26N2O3S. The van der Waals surface area contributed by atoms with Crippen LogP contribution in [0.15, 0.2) is 54.6 Å². The number of nitrogens with zero attached hydrogens (tertiary/aromatic N) is 1. The summed E-state index contributed by atoms with van der Waals surface area (Å²) in [7, 11) is 0. The molecule has 0 aliphatic carbocycles. The first kappa shape index (κ1) is 20.3. The average molecular weight is 399 g/mol. The molecule has 148 valence electrons. The zero-order chi connectivity index (χ0) is 19.9. The monoisotopic (exact) mass is 398 g/mol. The highest BCUT2D eigenvalue weighted by atomic mass is 32.2. The van der Waals surface area contributed by atoms with Crippen molar-refractivity contribution < 1.29 is 14.3 Å². The molecule has 5 nitrogen and oxygen atoms in total. The summed E-state index contributed by atoms with van der Waals surface area (Å²) >= 11 is 1.61. The predicted molar refractivity (Wildman–Crippen MR) is 112 cm³/mol. The van der Waals surface area contributed by atoms with Crippen LogP contribution in [0, 0.1) is 0 Å². The molecule has 3 rings (SSSR count). The molecule has 2 unspecified atom stereocenters. The molecule has 2 aromatic carbocycles. The van der Waals surface area contributed by atoms with E-state index in [1.165, 1.54) is 0 Å². The van der Waals surface area contributed by atoms with Crippen LogP contribution < -0.4 is 10.1 Å². The number of carbonyl (C=O) groups excluding carboxylic acids is 2. The highest BCUT2D eigenvalue weighted by Gasteiger charge is 2.35. The highest BCUT2D eigenvalue weighted by molar-refractivity contribution is 7.99. The molecule has 2 aromatic rings. The van der Waals surface area contributed by atoms with Crippen molar-refractivity contribution in [1.29, 1.82) is 0 Å². The second-order valence-electron chi connectivity index (χ2n) is 6.91. The van der Waals surface area contributed by atoms with E-state index < -0.39 is 6.04 Å². The van der Waals surface area contributed by atoms with Crippen molar-refractivity contribution in [3.05, 3.63) is 65.7 Å². The van der Waals surface area contributed by atoms with Gasteiger partial charge in [-0.1, -0.05) is 37.3 Å². The number of ether oxygens (including phenoxy) is 1. The Labute approximate surface area is 170 Å². The predicted octanol–water partition coefficient (Wildman–Crippen LogP) is 3.70. The molecule has 6 heteroatoms. The zero-order valence-corrected chi connectivity index (χ0v) is 17.1. The van der Waals surface area contributed by atoms with Gasteiger partial charge in [-0.15, -0.1) is 11.8 Å². The number of hydrogen-bond donors (Lipinski definition) is 1. The quantitative estimate of drug-likeness (QED) is 0.773. The molecule has 1 aliphatic heterocycles. The Morgan fingerprint density at radius 2 is 1.89 bits per heavy atom. The van der Waals surface area contributed by atoms with Crippen molar-refractivity contribution in [2.24, 2.45) is 0 Å². The Morgan fingerprint density at radius 1 is 1.18 bits per heavy atom. The number of thioether (sulfide) groups is 1. The van der Waals surface area contributed by atoms with Crippen molar-refractivity contribution in [2.75, 3.05) is 11.6 Å². The van der Waals surface area contributed by atoms with Gasteiger partial charge in [-0.25, -0.2) is 0 Å². The van der Waals surface area contributed by atoms with Crippen LogP contribution in [-0.4, -0.2) is 40.4 Å². The maximum Gasteiger partial charge on any atom is 0.255 e. The molecule has 1 saturated heterocycles. The van der Waals surface area contributed by atoms with Gasteiger partial charge < -0.3 is 15.0 Å². The Bertz CT molecular complexity index is 795. The summed E-state index contributed by atoms with van der Waals surface area (Å²) in [6.45, 7) is 4.45. The van der Waals surface area contributed by atoms with E-state index in [2.05, 4.69) is 5.32 Å². The van der Waals surface area contributed by atoms with Gasteiger partial charge in [-0.3, -0.25) is 9.59 Å². The molecule has 0 radical (unpaired) electrons. The van der Waals surface area contributed by atoms with E-state index in [9.17, 15) is 9.59 Å². The van der Waals surface area contributed by atoms with Crippen molar-refractivity contribution in [3.8, 4) is 5.75 Å². The smallest absolute Gasteiger partial charge is 0.255 e. The van der Waals surface area contributed by atoms with Gasteiger partial charge >= 0.3 is 0 Å². The van der Waals surface area contributed by atoms with Gasteiger partial charge in [0, 0.05) is 17.4 Å². The summed E-state index contributed by atoms with van der Waals surface area (Å²) in [5.74, 6) is 1.81. The van der Waals surface area contributed by atoms with E-state index in [0.29, 0.717) is 23.8 Å². The third kappa shape index (κ3) is 5.07. The third-order valence-electron chi connectivity index (χ3n) is 4.80. The molecule has 0 bridgehead atoms. The Hall–Kier alpha value is -2.47. The summed E-state index contributed by atoms with van der Waals surface area (Å²) in [5.41, 5.74) is 1.58. The molecule has 2 amide bonds. The molecule has 1 aliphatic rings. The number of carbonyl (C=O) groups is 2. The molecule has 2 atom stereocenters. The van der Waals surface area contributed by atoms with Gasteiger partial charge in [0.15, 0.2) is 0 Å². The van der Waals surface area contributed by atoms with E-state index in [1.807, 2.05) is 56.3 Å². The van der Waals surface area contributed by atoms with Crippen molar-refractivity contribution in [3.63, 3.8) is 0 Å². The lowest BCUT2D eigenvalue weighted by Gasteiger charge is -2.24. The lowest BCUT2D eigenvalue weighted by Crippen LogP contribution is -2.49. The molecular weight excluding hydrogens is 372 g/mol. The normalized spacial score (nSPS) is 17.2. The first-order chi connectivity index (χ1) is 13.6. The maximum atomic E-state index is 12.9. The Kier molecular flexibility index (Phi) is 6.98. The van der Waals surface area contributed by atoms with Crippen LogP contribution in [0.25, 0.3) is 0 Å². The van der Waals surface area contributed by atoms with Gasteiger partial charge in [0.1, 0.15) is 18.4 Å². The molecule has 0 saturated carbocycles. The fourth-order valence-corrected chi connectivity index (χ4v) is 4.05. The van der Waals surface area contributed by atoms with E-state index >= 15 is 0 Å². The largest absolute Gasteiger partial charge is 0.489 e. The van der Waals surface area contributed by atoms with Crippen LogP contribution >= 0.6 is 11.8 Å². The number of rotatable bonds is 7. The average Bonchev–Trinajstić information content (AvgIpc) is 3.23. The summed E-state index contributed by atoms with van der Waals surface area (Å²) in [4.78, 5) is 27.1. The van der Waals surface area contributed by atoms with E-state index in [4.69, 9.17) is 4.74 Å². The van der Waals surface area contributed by atoms with Crippen molar-refractivity contribution in [1.82, 2.24) is 10.2 Å². The number of para-hydroxylation sites is 1. The highest BCUT2D eigenvalue weighted by Crippen LogP contribution is 2.24. The first-order valence-corrected chi connectivity index (χ1v) is 10.7. The van der Waals surface area contributed by atoms with Crippen LogP contribution in [0.3, 0.4) is 0 Å². The number of benzene rings is 2. The Morgan fingerprint density at radius 3 is 2.57 bits per heavy atom. The van der Waals surface area contributed by atoms with Crippen molar-refractivity contribution in [2.45, 2.75) is 39.0 Å². The van der Waals surface area contributed by atoms with Crippen LogP contribution in [0.4, 0.5) is 0 Å². The molecule has 1 fully saturated rings. The van der Waals surface area contributed by atoms with E-state index in [-0.39, 0.29) is 17.9 Å². The number of amides is 2. The van der Waals surface area contributed by atoms with Gasteiger partial charge in [-0.2, -0.15) is 0 Å². The number of hydrogen-bond acceptors (Lipinski definition) is 4. The summed E-state index contributed by atoms with van der Waals surface area (Å²) in [5, 5.41) is 2.99.